The Hall–Kier alpha value is -1.93. The Morgan fingerprint density at radius 2 is 1.92 bits per heavy atom. The van der Waals surface area contributed by atoms with E-state index in [1.807, 2.05) is 0 Å². The van der Waals surface area contributed by atoms with E-state index < -0.39 is 12.1 Å². The predicted molar refractivity (Wildman–Crippen MR) is 97.2 cm³/mol. The molecule has 0 radical (unpaired) electrons. The Morgan fingerprint density at radius 3 is 2.58 bits per heavy atom. The zero-order valence-electron chi connectivity index (χ0n) is 14.8. The summed E-state index contributed by atoms with van der Waals surface area (Å²) in [4.78, 5) is 38.2. The molecule has 1 heterocycles. The number of Topliss-reactive ketones (excluding diaryl/α,β-unsaturated/α-hetero) is 1. The third-order valence-corrected chi connectivity index (χ3v) is 4.49. The Bertz CT molecular complexity index is 672. The fourth-order valence-corrected chi connectivity index (χ4v) is 2.96. The number of ketones is 1. The van der Waals surface area contributed by atoms with E-state index in [-0.39, 0.29) is 24.5 Å². The molecule has 0 N–H and O–H groups in total. The van der Waals surface area contributed by atoms with E-state index in [0.717, 1.165) is 4.47 Å². The maximum Gasteiger partial charge on any atom is 0.307 e. The summed E-state index contributed by atoms with van der Waals surface area (Å²) in [6.45, 7) is 3.48. The van der Waals surface area contributed by atoms with Gasteiger partial charge in [-0.3, -0.25) is 14.4 Å². The lowest BCUT2D eigenvalue weighted by Gasteiger charge is -2.28. The molecular weight excluding hydrogens is 406 g/mol. The third-order valence-electron chi connectivity index (χ3n) is 4.00. The van der Waals surface area contributed by atoms with Gasteiger partial charge < -0.3 is 19.1 Å². The topological polar surface area (TPSA) is 82.1 Å². The van der Waals surface area contributed by atoms with E-state index in [4.69, 9.17) is 14.2 Å². The summed E-state index contributed by atoms with van der Waals surface area (Å²) in [7, 11) is 1.48. The second kappa shape index (κ2) is 9.68. The molecular formula is C18H22BrNO6. The van der Waals surface area contributed by atoms with E-state index in [2.05, 4.69) is 15.9 Å². The molecule has 142 valence electrons. The summed E-state index contributed by atoms with van der Waals surface area (Å²) in [6.07, 6.45) is -1.00. The van der Waals surface area contributed by atoms with Crippen LogP contribution in [-0.4, -0.2) is 62.1 Å². The molecule has 1 saturated heterocycles. The molecule has 0 spiro atoms. The molecule has 1 amide bonds. The molecule has 2 rings (SSSR count). The molecule has 0 bridgehead atoms. The Balaban J connectivity index is 1.85. The first kappa shape index (κ1) is 20.4. The molecule has 1 aromatic rings. The zero-order valence-corrected chi connectivity index (χ0v) is 16.4. The third kappa shape index (κ3) is 5.54. The van der Waals surface area contributed by atoms with Crippen LogP contribution >= 0.6 is 15.9 Å². The zero-order chi connectivity index (χ0) is 19.1. The smallest absolute Gasteiger partial charge is 0.307 e. The van der Waals surface area contributed by atoms with Gasteiger partial charge in [0.15, 0.2) is 11.9 Å². The summed E-state index contributed by atoms with van der Waals surface area (Å²) < 4.78 is 16.3. The van der Waals surface area contributed by atoms with E-state index in [9.17, 15) is 14.4 Å². The number of amides is 1. The lowest BCUT2D eigenvalue weighted by molar-refractivity contribution is -0.160. The van der Waals surface area contributed by atoms with Crippen LogP contribution in [-0.2, 0) is 19.1 Å². The van der Waals surface area contributed by atoms with E-state index >= 15 is 0 Å². The summed E-state index contributed by atoms with van der Waals surface area (Å²) >= 11 is 3.31. The fraction of sp³-hybridized carbons (Fsp3) is 0.500. The van der Waals surface area contributed by atoms with Crippen LogP contribution in [0.1, 0.15) is 30.1 Å². The van der Waals surface area contributed by atoms with Crippen molar-refractivity contribution < 1.29 is 28.6 Å². The van der Waals surface area contributed by atoms with Crippen LogP contribution in [0.5, 0.6) is 5.75 Å². The van der Waals surface area contributed by atoms with Gasteiger partial charge in [0.1, 0.15) is 5.75 Å². The molecule has 1 aliphatic heterocycles. The van der Waals surface area contributed by atoms with Crippen LogP contribution < -0.4 is 4.74 Å². The maximum atomic E-state index is 12.4. The molecule has 1 atom stereocenters. The average molecular weight is 428 g/mol. The minimum Gasteiger partial charge on any atom is -0.496 e. The molecule has 26 heavy (non-hydrogen) atoms. The van der Waals surface area contributed by atoms with Gasteiger partial charge in [0.2, 0.25) is 0 Å². The molecule has 1 fully saturated rings. The number of ether oxygens (including phenoxy) is 3. The van der Waals surface area contributed by atoms with Crippen LogP contribution in [0.25, 0.3) is 0 Å². The number of morpholine rings is 1. The molecule has 0 aliphatic carbocycles. The highest BCUT2D eigenvalue weighted by Gasteiger charge is 2.25. The number of benzene rings is 1. The van der Waals surface area contributed by atoms with Crippen LogP contribution in [0.2, 0.25) is 0 Å². The normalized spacial score (nSPS) is 15.3. The van der Waals surface area contributed by atoms with E-state index in [0.29, 0.717) is 37.6 Å². The van der Waals surface area contributed by atoms with Crippen molar-refractivity contribution >= 4 is 33.6 Å². The highest BCUT2D eigenvalue weighted by molar-refractivity contribution is 9.10. The quantitative estimate of drug-likeness (QED) is 0.489. The molecule has 1 aromatic carbocycles. The summed E-state index contributed by atoms with van der Waals surface area (Å²) in [5.41, 5.74) is 0.395. The Morgan fingerprint density at radius 1 is 1.23 bits per heavy atom. The monoisotopic (exact) mass is 427 g/mol. The fourth-order valence-electron chi connectivity index (χ4n) is 2.60. The summed E-state index contributed by atoms with van der Waals surface area (Å²) in [5.74, 6) is -0.613. The average Bonchev–Trinajstić information content (AvgIpc) is 2.66. The SMILES string of the molecule is COc1ccc(Br)cc1C(=O)CCC(=O)OC(C)C(=O)N1CCOCC1. The van der Waals surface area contributed by atoms with Gasteiger partial charge in [-0.1, -0.05) is 15.9 Å². The number of nitrogens with zero attached hydrogens (tertiary/aromatic N) is 1. The second-order valence-corrected chi connectivity index (χ2v) is 6.75. The molecule has 1 unspecified atom stereocenters. The minimum atomic E-state index is -0.879. The Labute approximate surface area is 160 Å². The van der Waals surface area contributed by atoms with Crippen molar-refractivity contribution in [3.05, 3.63) is 28.2 Å². The van der Waals surface area contributed by atoms with Crippen LogP contribution in [0, 0.1) is 0 Å². The van der Waals surface area contributed by atoms with Crippen molar-refractivity contribution in [2.45, 2.75) is 25.9 Å². The molecule has 7 nitrogen and oxygen atoms in total. The number of hydrogen-bond acceptors (Lipinski definition) is 6. The number of hydrogen-bond donors (Lipinski definition) is 0. The molecule has 1 aliphatic rings. The lowest BCUT2D eigenvalue weighted by atomic mass is 10.1. The second-order valence-electron chi connectivity index (χ2n) is 5.84. The van der Waals surface area contributed by atoms with Crippen molar-refractivity contribution in [3.8, 4) is 5.75 Å². The minimum absolute atomic E-state index is 0.0237. The first-order valence-corrected chi connectivity index (χ1v) is 9.14. The first-order chi connectivity index (χ1) is 12.4. The first-order valence-electron chi connectivity index (χ1n) is 8.35. The number of methoxy groups -OCH3 is 1. The number of carbonyl (C=O) groups excluding carboxylic acids is 3. The van der Waals surface area contributed by atoms with Crippen molar-refractivity contribution in [3.63, 3.8) is 0 Å². The van der Waals surface area contributed by atoms with Crippen molar-refractivity contribution in [2.24, 2.45) is 0 Å². The van der Waals surface area contributed by atoms with Crippen molar-refractivity contribution in [1.29, 1.82) is 0 Å². The van der Waals surface area contributed by atoms with Crippen molar-refractivity contribution in [1.82, 2.24) is 4.90 Å². The number of halogens is 1. The van der Waals surface area contributed by atoms with Gasteiger partial charge in [0.25, 0.3) is 5.91 Å². The Kier molecular flexibility index (Phi) is 7.59. The van der Waals surface area contributed by atoms with Gasteiger partial charge in [-0.05, 0) is 25.1 Å². The standard InChI is InChI=1S/C18H22BrNO6/c1-12(18(23)20-7-9-25-10-8-20)26-17(22)6-4-15(21)14-11-13(19)3-5-16(14)24-2/h3,5,11-12H,4,6-10H2,1-2H3. The number of rotatable bonds is 7. The molecule has 0 aromatic heterocycles. The van der Waals surface area contributed by atoms with Crippen LogP contribution in [0.4, 0.5) is 0 Å². The van der Waals surface area contributed by atoms with Gasteiger partial charge >= 0.3 is 5.97 Å². The molecule has 0 saturated carbocycles. The maximum absolute atomic E-state index is 12.4. The van der Waals surface area contributed by atoms with E-state index in [1.54, 1.807) is 23.1 Å². The van der Waals surface area contributed by atoms with Crippen LogP contribution in [0.3, 0.4) is 0 Å². The number of esters is 1. The van der Waals surface area contributed by atoms with Gasteiger partial charge in [0.05, 0.1) is 32.3 Å². The van der Waals surface area contributed by atoms with Gasteiger partial charge in [-0.2, -0.15) is 0 Å². The summed E-state index contributed by atoms with van der Waals surface area (Å²) in [5, 5.41) is 0. The van der Waals surface area contributed by atoms with Gasteiger partial charge in [-0.15, -0.1) is 0 Å². The molecule has 8 heteroatoms. The van der Waals surface area contributed by atoms with Gasteiger partial charge in [0, 0.05) is 24.0 Å². The van der Waals surface area contributed by atoms with Gasteiger partial charge in [-0.25, -0.2) is 0 Å². The van der Waals surface area contributed by atoms with E-state index in [1.165, 1.54) is 14.0 Å². The highest BCUT2D eigenvalue weighted by Crippen LogP contribution is 2.24. The van der Waals surface area contributed by atoms with Crippen molar-refractivity contribution in [2.75, 3.05) is 33.4 Å². The number of carbonyl (C=O) groups is 3. The predicted octanol–water partition coefficient (Wildman–Crippen LogP) is 2.21. The lowest BCUT2D eigenvalue weighted by Crippen LogP contribution is -2.46. The highest BCUT2D eigenvalue weighted by atomic mass is 79.9. The summed E-state index contributed by atoms with van der Waals surface area (Å²) in [6, 6.07) is 5.10. The largest absolute Gasteiger partial charge is 0.496 e. The van der Waals surface area contributed by atoms with Crippen LogP contribution in [0.15, 0.2) is 22.7 Å².